The number of nitrogens with one attached hydrogen (secondary N) is 2. The maximum atomic E-state index is 12.0. The third-order valence-electron chi connectivity index (χ3n) is 4.17. The van der Waals surface area contributed by atoms with E-state index < -0.39 is 28.5 Å². The first-order valence-corrected chi connectivity index (χ1v) is 10.4. The molecule has 0 spiro atoms. The van der Waals surface area contributed by atoms with Crippen molar-refractivity contribution in [3.05, 3.63) is 53.6 Å². The largest absolute Gasteiger partial charge is 0.497 e. The van der Waals surface area contributed by atoms with Crippen LogP contribution >= 0.6 is 0 Å². The Hall–Kier alpha value is -2.91. The van der Waals surface area contributed by atoms with Crippen LogP contribution in [0.3, 0.4) is 0 Å². The molecule has 0 saturated carbocycles. The number of sulfonamides is 1. The van der Waals surface area contributed by atoms with E-state index in [2.05, 4.69) is 10.0 Å². The van der Waals surface area contributed by atoms with Gasteiger partial charge in [-0.05, 0) is 55.8 Å². The number of carbonyl (C=O) groups excluding carboxylic acids is 2. The normalized spacial score (nSPS) is 11.0. The number of ether oxygens (including phenoxy) is 2. The van der Waals surface area contributed by atoms with Gasteiger partial charge in [-0.3, -0.25) is 9.59 Å². The average molecular weight is 420 g/mol. The summed E-state index contributed by atoms with van der Waals surface area (Å²) in [5, 5.41) is 2.53. The quantitative estimate of drug-likeness (QED) is 0.601. The molecule has 2 N–H and O–H groups in total. The first-order chi connectivity index (χ1) is 13.7. The van der Waals surface area contributed by atoms with Crippen molar-refractivity contribution in [2.24, 2.45) is 0 Å². The van der Waals surface area contributed by atoms with E-state index in [4.69, 9.17) is 9.47 Å². The molecule has 0 unspecified atom stereocenters. The van der Waals surface area contributed by atoms with Gasteiger partial charge in [0.2, 0.25) is 10.0 Å². The van der Waals surface area contributed by atoms with Crippen molar-refractivity contribution >= 4 is 27.6 Å². The first kappa shape index (κ1) is 22.4. The highest BCUT2D eigenvalue weighted by molar-refractivity contribution is 7.89. The zero-order valence-electron chi connectivity index (χ0n) is 16.5. The number of hydrogen-bond donors (Lipinski definition) is 2. The van der Waals surface area contributed by atoms with Crippen molar-refractivity contribution in [2.45, 2.75) is 24.7 Å². The van der Waals surface area contributed by atoms with Gasteiger partial charge < -0.3 is 14.8 Å². The number of hydrogen-bond acceptors (Lipinski definition) is 6. The number of amides is 1. The molecule has 0 atom stereocenters. The third kappa shape index (κ3) is 6.58. The molecule has 0 heterocycles. The van der Waals surface area contributed by atoms with Crippen LogP contribution in [0.4, 0.5) is 5.69 Å². The second-order valence-corrected chi connectivity index (χ2v) is 8.10. The van der Waals surface area contributed by atoms with Crippen LogP contribution < -0.4 is 14.8 Å². The molecular weight excluding hydrogens is 396 g/mol. The molecule has 29 heavy (non-hydrogen) atoms. The fourth-order valence-corrected chi connectivity index (χ4v) is 3.53. The van der Waals surface area contributed by atoms with Crippen molar-refractivity contribution in [3.63, 3.8) is 0 Å². The van der Waals surface area contributed by atoms with Gasteiger partial charge >= 0.3 is 5.97 Å². The second-order valence-electron chi connectivity index (χ2n) is 6.24. The predicted molar refractivity (Wildman–Crippen MR) is 108 cm³/mol. The highest BCUT2D eigenvalue weighted by Crippen LogP contribution is 2.20. The van der Waals surface area contributed by atoms with Crippen molar-refractivity contribution in [1.29, 1.82) is 0 Å². The van der Waals surface area contributed by atoms with Crippen LogP contribution in [0, 0.1) is 6.92 Å². The summed E-state index contributed by atoms with van der Waals surface area (Å²) in [6, 6.07) is 11.8. The van der Waals surface area contributed by atoms with Gasteiger partial charge in [-0.25, -0.2) is 13.1 Å². The highest BCUT2D eigenvalue weighted by Gasteiger charge is 2.16. The number of anilines is 1. The predicted octanol–water partition coefficient (Wildman–Crippen LogP) is 2.03. The Morgan fingerprint density at radius 3 is 2.38 bits per heavy atom. The van der Waals surface area contributed by atoms with Crippen molar-refractivity contribution in [2.75, 3.05) is 26.1 Å². The lowest BCUT2D eigenvalue weighted by Crippen LogP contribution is -2.22. The van der Waals surface area contributed by atoms with Gasteiger partial charge in [-0.1, -0.05) is 18.2 Å². The Labute approximate surface area is 170 Å². The fourth-order valence-electron chi connectivity index (χ4n) is 2.53. The molecule has 0 fully saturated rings. The number of benzene rings is 2. The van der Waals surface area contributed by atoms with Gasteiger partial charge in [-0.2, -0.15) is 0 Å². The Balaban J connectivity index is 1.84. The SMILES string of the molecule is CNS(=O)(=O)c1cc(NC(=O)COC(=O)CCc2ccc(OC)cc2)ccc1C. The smallest absolute Gasteiger partial charge is 0.306 e. The molecule has 0 bridgehead atoms. The Morgan fingerprint density at radius 2 is 1.76 bits per heavy atom. The summed E-state index contributed by atoms with van der Waals surface area (Å²) in [7, 11) is -0.757. The number of esters is 1. The molecule has 9 heteroatoms. The minimum absolute atomic E-state index is 0.0642. The summed E-state index contributed by atoms with van der Waals surface area (Å²) in [5.41, 5.74) is 1.79. The molecule has 0 saturated heterocycles. The summed E-state index contributed by atoms with van der Waals surface area (Å²) in [6.07, 6.45) is 0.613. The van der Waals surface area contributed by atoms with Gasteiger partial charge in [0.15, 0.2) is 6.61 Å². The Kier molecular flexibility index (Phi) is 7.74. The molecule has 156 valence electrons. The van der Waals surface area contributed by atoms with Crippen LogP contribution in [-0.2, 0) is 30.8 Å². The van der Waals surface area contributed by atoms with E-state index in [1.807, 2.05) is 12.1 Å². The topological polar surface area (TPSA) is 111 Å². The first-order valence-electron chi connectivity index (χ1n) is 8.88. The lowest BCUT2D eigenvalue weighted by atomic mass is 10.1. The molecule has 0 aromatic heterocycles. The van der Waals surface area contributed by atoms with Gasteiger partial charge in [0.05, 0.1) is 12.0 Å². The molecule has 2 aromatic carbocycles. The number of aryl methyl sites for hydroxylation is 2. The van der Waals surface area contributed by atoms with E-state index in [9.17, 15) is 18.0 Å². The van der Waals surface area contributed by atoms with Crippen LogP contribution in [0.1, 0.15) is 17.5 Å². The van der Waals surface area contributed by atoms with E-state index >= 15 is 0 Å². The van der Waals surface area contributed by atoms with Crippen molar-refractivity contribution in [1.82, 2.24) is 4.72 Å². The zero-order valence-corrected chi connectivity index (χ0v) is 17.3. The van der Waals surface area contributed by atoms with Crippen LogP contribution in [0.15, 0.2) is 47.4 Å². The average Bonchev–Trinajstić information content (AvgIpc) is 2.72. The maximum absolute atomic E-state index is 12.0. The van der Waals surface area contributed by atoms with Crippen LogP contribution in [-0.4, -0.2) is 41.1 Å². The highest BCUT2D eigenvalue weighted by atomic mass is 32.2. The van der Waals surface area contributed by atoms with E-state index in [0.29, 0.717) is 17.7 Å². The third-order valence-corrected chi connectivity index (χ3v) is 5.73. The monoisotopic (exact) mass is 420 g/mol. The van der Waals surface area contributed by atoms with Gasteiger partial charge in [0.25, 0.3) is 5.91 Å². The molecule has 0 aliphatic rings. The second kappa shape index (κ2) is 10.0. The molecule has 2 aromatic rings. The van der Waals surface area contributed by atoms with Crippen LogP contribution in [0.25, 0.3) is 0 Å². The van der Waals surface area contributed by atoms with Gasteiger partial charge in [0.1, 0.15) is 5.75 Å². The van der Waals surface area contributed by atoms with Crippen molar-refractivity contribution < 1.29 is 27.5 Å². The van der Waals surface area contributed by atoms with Gasteiger partial charge in [-0.15, -0.1) is 0 Å². The molecule has 8 nitrogen and oxygen atoms in total. The summed E-state index contributed by atoms with van der Waals surface area (Å²) < 4.78 is 36.3. The summed E-state index contributed by atoms with van der Waals surface area (Å²) in [5.74, 6) is -0.326. The standard InChI is InChI=1S/C20H24N2O6S/c1-14-4-8-16(12-18(14)29(25,26)21-2)22-19(23)13-28-20(24)11-7-15-5-9-17(27-3)10-6-15/h4-6,8-10,12,21H,7,11,13H2,1-3H3,(H,22,23). The van der Waals surface area contributed by atoms with Crippen molar-refractivity contribution in [3.8, 4) is 5.75 Å². The molecule has 1 amide bonds. The van der Waals surface area contributed by atoms with E-state index in [1.54, 1.807) is 38.3 Å². The molecule has 0 aliphatic heterocycles. The van der Waals surface area contributed by atoms with E-state index in [0.717, 1.165) is 11.3 Å². The molecule has 0 radical (unpaired) electrons. The van der Waals surface area contributed by atoms with Gasteiger partial charge in [0, 0.05) is 12.1 Å². The number of carbonyl (C=O) groups is 2. The fraction of sp³-hybridized carbons (Fsp3) is 0.300. The lowest BCUT2D eigenvalue weighted by molar-refractivity contribution is -0.147. The number of rotatable bonds is 9. The molecule has 2 rings (SSSR count). The molecule has 0 aliphatic carbocycles. The lowest BCUT2D eigenvalue weighted by Gasteiger charge is -2.11. The number of methoxy groups -OCH3 is 1. The minimum atomic E-state index is -3.65. The summed E-state index contributed by atoms with van der Waals surface area (Å²) in [6.45, 7) is 1.20. The summed E-state index contributed by atoms with van der Waals surface area (Å²) >= 11 is 0. The Bertz CT molecular complexity index is 971. The minimum Gasteiger partial charge on any atom is -0.497 e. The van der Waals surface area contributed by atoms with E-state index in [1.165, 1.54) is 13.1 Å². The van der Waals surface area contributed by atoms with E-state index in [-0.39, 0.29) is 11.3 Å². The molecular formula is C20H24N2O6S. The maximum Gasteiger partial charge on any atom is 0.306 e. The summed E-state index contributed by atoms with van der Waals surface area (Å²) in [4.78, 5) is 23.9. The van der Waals surface area contributed by atoms with Crippen LogP contribution in [0.5, 0.6) is 5.75 Å². The zero-order chi connectivity index (χ0) is 21.4. The Morgan fingerprint density at radius 1 is 1.07 bits per heavy atom. The van der Waals surface area contributed by atoms with Crippen LogP contribution in [0.2, 0.25) is 0 Å².